The minimum atomic E-state index is 0.588. The molecule has 1 aliphatic carbocycles. The van der Waals surface area contributed by atoms with Crippen molar-refractivity contribution in [2.75, 3.05) is 0 Å². The molecule has 1 heteroatoms. The normalized spacial score (nSPS) is 30.6. The summed E-state index contributed by atoms with van der Waals surface area (Å²) in [5.41, 5.74) is 1.52. The fourth-order valence-corrected chi connectivity index (χ4v) is 2.29. The molecule has 0 bridgehead atoms. The zero-order valence-electron chi connectivity index (χ0n) is 9.59. The summed E-state index contributed by atoms with van der Waals surface area (Å²) in [6, 6.07) is 2.20. The van der Waals surface area contributed by atoms with Crippen LogP contribution in [-0.4, -0.2) is 0 Å². The van der Waals surface area contributed by atoms with Crippen molar-refractivity contribution in [2.24, 2.45) is 17.8 Å². The van der Waals surface area contributed by atoms with Gasteiger partial charge < -0.3 is 0 Å². The monoisotopic (exact) mass is 191 g/mol. The summed E-state index contributed by atoms with van der Waals surface area (Å²) < 4.78 is 0. The van der Waals surface area contributed by atoms with Crippen LogP contribution in [0.5, 0.6) is 0 Å². The molecule has 0 aliphatic heterocycles. The van der Waals surface area contributed by atoms with Gasteiger partial charge in [-0.05, 0) is 37.0 Å². The van der Waals surface area contributed by atoms with Crippen molar-refractivity contribution in [3.8, 4) is 6.07 Å². The highest BCUT2D eigenvalue weighted by molar-refractivity contribution is 5.12. The molecular formula is C13H21N. The van der Waals surface area contributed by atoms with Gasteiger partial charge in [-0.1, -0.05) is 32.4 Å². The van der Waals surface area contributed by atoms with E-state index in [-0.39, 0.29) is 0 Å². The van der Waals surface area contributed by atoms with Crippen LogP contribution in [0.3, 0.4) is 0 Å². The molecule has 0 amide bonds. The third-order valence-corrected chi connectivity index (χ3v) is 3.50. The molecule has 1 saturated carbocycles. The molecule has 1 rings (SSSR count). The van der Waals surface area contributed by atoms with Crippen molar-refractivity contribution >= 4 is 0 Å². The first-order valence-corrected chi connectivity index (χ1v) is 5.71. The smallest absolute Gasteiger partial charge is 0.0663 e. The zero-order chi connectivity index (χ0) is 10.6. The Hall–Kier alpha value is -0.770. The van der Waals surface area contributed by atoms with Crippen LogP contribution in [0.15, 0.2) is 11.6 Å². The highest BCUT2D eigenvalue weighted by Crippen LogP contribution is 2.36. The fourth-order valence-electron chi connectivity index (χ4n) is 2.29. The predicted molar refractivity (Wildman–Crippen MR) is 59.7 cm³/mol. The van der Waals surface area contributed by atoms with Crippen molar-refractivity contribution in [3.63, 3.8) is 0 Å². The molecule has 1 fully saturated rings. The summed E-state index contributed by atoms with van der Waals surface area (Å²) in [6.07, 6.45) is 6.63. The van der Waals surface area contributed by atoms with Gasteiger partial charge in [-0.2, -0.15) is 5.26 Å². The van der Waals surface area contributed by atoms with Crippen LogP contribution < -0.4 is 0 Å². The van der Waals surface area contributed by atoms with Gasteiger partial charge in [0.2, 0.25) is 0 Å². The molecule has 1 aliphatic rings. The standard InChI is InChI=1S/C13H21N/c1-10(2)12-7-6-11(3)13(9-12)5-4-8-14/h5,10-12H,4,6-7,9H2,1-3H3. The molecule has 0 radical (unpaired) electrons. The molecule has 0 heterocycles. The van der Waals surface area contributed by atoms with E-state index in [2.05, 4.69) is 32.9 Å². The van der Waals surface area contributed by atoms with Crippen LogP contribution in [0.1, 0.15) is 46.5 Å². The fraction of sp³-hybridized carbons (Fsp3) is 0.769. The van der Waals surface area contributed by atoms with Crippen molar-refractivity contribution in [1.82, 2.24) is 0 Å². The number of rotatable bonds is 2. The Labute approximate surface area is 87.8 Å². The van der Waals surface area contributed by atoms with Crippen molar-refractivity contribution in [1.29, 1.82) is 5.26 Å². The van der Waals surface area contributed by atoms with Crippen LogP contribution in [0, 0.1) is 29.1 Å². The van der Waals surface area contributed by atoms with E-state index in [1.54, 1.807) is 0 Å². The second kappa shape index (κ2) is 5.20. The van der Waals surface area contributed by atoms with Crippen molar-refractivity contribution < 1.29 is 0 Å². The Balaban J connectivity index is 2.60. The number of hydrogen-bond donors (Lipinski definition) is 0. The molecule has 0 N–H and O–H groups in total. The SMILES string of the molecule is CC1CCC(C(C)C)CC1=CCC#N. The van der Waals surface area contributed by atoms with Gasteiger partial charge in [0.05, 0.1) is 12.5 Å². The van der Waals surface area contributed by atoms with E-state index in [1.165, 1.54) is 24.8 Å². The van der Waals surface area contributed by atoms with E-state index >= 15 is 0 Å². The van der Waals surface area contributed by atoms with Gasteiger partial charge in [0, 0.05) is 0 Å². The minimum absolute atomic E-state index is 0.588. The first-order chi connectivity index (χ1) is 6.65. The lowest BCUT2D eigenvalue weighted by molar-refractivity contribution is 0.287. The maximum atomic E-state index is 8.56. The van der Waals surface area contributed by atoms with Crippen LogP contribution in [0.4, 0.5) is 0 Å². The van der Waals surface area contributed by atoms with Crippen LogP contribution in [0.2, 0.25) is 0 Å². The van der Waals surface area contributed by atoms with Gasteiger partial charge in [0.25, 0.3) is 0 Å². The van der Waals surface area contributed by atoms with Crippen LogP contribution >= 0.6 is 0 Å². The predicted octanol–water partition coefficient (Wildman–Crippen LogP) is 3.92. The Kier molecular flexibility index (Phi) is 4.20. The molecule has 14 heavy (non-hydrogen) atoms. The van der Waals surface area contributed by atoms with Gasteiger partial charge in [-0.15, -0.1) is 0 Å². The van der Waals surface area contributed by atoms with E-state index in [0.29, 0.717) is 12.3 Å². The van der Waals surface area contributed by atoms with Gasteiger partial charge in [0.15, 0.2) is 0 Å². The summed E-state index contributed by atoms with van der Waals surface area (Å²) in [4.78, 5) is 0. The molecule has 78 valence electrons. The molecule has 0 aromatic heterocycles. The molecule has 2 atom stereocenters. The van der Waals surface area contributed by atoms with Crippen LogP contribution in [-0.2, 0) is 0 Å². The number of allylic oxidation sites excluding steroid dienone is 2. The quantitative estimate of drug-likeness (QED) is 0.607. The van der Waals surface area contributed by atoms with E-state index in [9.17, 15) is 0 Å². The third kappa shape index (κ3) is 2.87. The van der Waals surface area contributed by atoms with Crippen molar-refractivity contribution in [3.05, 3.63) is 11.6 Å². The average Bonchev–Trinajstić information content (AvgIpc) is 2.16. The first kappa shape index (κ1) is 11.3. The summed E-state index contributed by atoms with van der Waals surface area (Å²) in [5, 5.41) is 8.56. The highest BCUT2D eigenvalue weighted by atomic mass is 14.3. The highest BCUT2D eigenvalue weighted by Gasteiger charge is 2.24. The minimum Gasteiger partial charge on any atom is -0.198 e. The summed E-state index contributed by atoms with van der Waals surface area (Å²) >= 11 is 0. The second-order valence-electron chi connectivity index (χ2n) is 4.83. The van der Waals surface area contributed by atoms with E-state index in [0.717, 1.165) is 11.8 Å². The Morgan fingerprint density at radius 2 is 2.21 bits per heavy atom. The van der Waals surface area contributed by atoms with Crippen molar-refractivity contribution in [2.45, 2.75) is 46.5 Å². The lowest BCUT2D eigenvalue weighted by atomic mass is 9.74. The van der Waals surface area contributed by atoms with Gasteiger partial charge in [-0.25, -0.2) is 0 Å². The van der Waals surface area contributed by atoms with E-state index < -0.39 is 0 Å². The molecule has 1 nitrogen and oxygen atoms in total. The largest absolute Gasteiger partial charge is 0.198 e. The number of nitrogens with zero attached hydrogens (tertiary/aromatic N) is 1. The van der Waals surface area contributed by atoms with E-state index in [4.69, 9.17) is 5.26 Å². The Bertz CT molecular complexity index is 244. The molecular weight excluding hydrogens is 170 g/mol. The Morgan fingerprint density at radius 3 is 2.79 bits per heavy atom. The van der Waals surface area contributed by atoms with Gasteiger partial charge in [0.1, 0.15) is 0 Å². The maximum Gasteiger partial charge on any atom is 0.0663 e. The van der Waals surface area contributed by atoms with Gasteiger partial charge >= 0.3 is 0 Å². The molecule has 0 spiro atoms. The van der Waals surface area contributed by atoms with Gasteiger partial charge in [-0.3, -0.25) is 0 Å². The first-order valence-electron chi connectivity index (χ1n) is 5.71. The lowest BCUT2D eigenvalue weighted by Gasteiger charge is -2.31. The molecule has 0 aromatic rings. The molecule has 0 aromatic carbocycles. The summed E-state index contributed by atoms with van der Waals surface area (Å²) in [5.74, 6) is 2.34. The topological polar surface area (TPSA) is 23.8 Å². The second-order valence-corrected chi connectivity index (χ2v) is 4.83. The molecule has 0 saturated heterocycles. The van der Waals surface area contributed by atoms with E-state index in [1.807, 2.05) is 0 Å². The van der Waals surface area contributed by atoms with Crippen LogP contribution in [0.25, 0.3) is 0 Å². The maximum absolute atomic E-state index is 8.56. The lowest BCUT2D eigenvalue weighted by Crippen LogP contribution is -2.19. The average molecular weight is 191 g/mol. The molecule has 2 unspecified atom stereocenters. The zero-order valence-corrected chi connectivity index (χ0v) is 9.59. The number of hydrogen-bond acceptors (Lipinski definition) is 1. The Morgan fingerprint density at radius 1 is 1.50 bits per heavy atom. The summed E-state index contributed by atoms with van der Waals surface area (Å²) in [6.45, 7) is 6.91. The summed E-state index contributed by atoms with van der Waals surface area (Å²) in [7, 11) is 0. The number of nitriles is 1. The third-order valence-electron chi connectivity index (χ3n) is 3.50.